The Morgan fingerprint density at radius 3 is 3.07 bits per heavy atom. The van der Waals surface area contributed by atoms with Gasteiger partial charge in [0.1, 0.15) is 5.82 Å². The molecule has 82 valence electrons. The Morgan fingerprint density at radius 2 is 2.40 bits per heavy atom. The van der Waals surface area contributed by atoms with Crippen LogP contribution in [-0.4, -0.2) is 31.1 Å². The van der Waals surface area contributed by atoms with Crippen LogP contribution in [0.5, 0.6) is 0 Å². The zero-order valence-corrected chi connectivity index (χ0v) is 9.04. The molecule has 2 rings (SSSR count). The second-order valence-electron chi connectivity index (χ2n) is 4.26. The SMILES string of the molecule is CN1CC[C@@H](NCc2cccc(F)c2)C1. The molecule has 1 N–H and O–H groups in total. The first-order valence-electron chi connectivity index (χ1n) is 5.40. The Hall–Kier alpha value is -0.930. The highest BCUT2D eigenvalue weighted by Crippen LogP contribution is 2.08. The molecule has 1 aromatic carbocycles. The van der Waals surface area contributed by atoms with Crippen LogP contribution in [0.25, 0.3) is 0 Å². The molecule has 0 unspecified atom stereocenters. The maximum atomic E-state index is 12.9. The highest BCUT2D eigenvalue weighted by atomic mass is 19.1. The van der Waals surface area contributed by atoms with Gasteiger partial charge in [-0.15, -0.1) is 0 Å². The number of nitrogens with one attached hydrogen (secondary N) is 1. The summed E-state index contributed by atoms with van der Waals surface area (Å²) in [5.74, 6) is -0.155. The molecule has 0 radical (unpaired) electrons. The number of halogens is 1. The fraction of sp³-hybridized carbons (Fsp3) is 0.500. The number of hydrogen-bond donors (Lipinski definition) is 1. The summed E-state index contributed by atoms with van der Waals surface area (Å²) < 4.78 is 12.9. The monoisotopic (exact) mass is 208 g/mol. The topological polar surface area (TPSA) is 15.3 Å². The average molecular weight is 208 g/mol. The summed E-state index contributed by atoms with van der Waals surface area (Å²) in [5.41, 5.74) is 1.02. The number of rotatable bonds is 3. The van der Waals surface area contributed by atoms with Gasteiger partial charge in [-0.05, 0) is 37.7 Å². The molecule has 1 aromatic rings. The predicted octanol–water partition coefficient (Wildman–Crippen LogP) is 1.62. The molecule has 3 heteroatoms. The molecular weight excluding hydrogens is 191 g/mol. The molecule has 15 heavy (non-hydrogen) atoms. The van der Waals surface area contributed by atoms with Gasteiger partial charge in [-0.1, -0.05) is 12.1 Å². The summed E-state index contributed by atoms with van der Waals surface area (Å²) in [6.45, 7) is 3.01. The van der Waals surface area contributed by atoms with E-state index in [0.29, 0.717) is 6.04 Å². The first-order chi connectivity index (χ1) is 7.24. The molecule has 0 bridgehead atoms. The minimum absolute atomic E-state index is 0.155. The van der Waals surface area contributed by atoms with E-state index < -0.39 is 0 Å². The Morgan fingerprint density at radius 1 is 1.53 bits per heavy atom. The maximum Gasteiger partial charge on any atom is 0.123 e. The van der Waals surface area contributed by atoms with Crippen molar-refractivity contribution in [1.82, 2.24) is 10.2 Å². The zero-order chi connectivity index (χ0) is 10.7. The van der Waals surface area contributed by atoms with Crippen molar-refractivity contribution in [2.24, 2.45) is 0 Å². The van der Waals surface area contributed by atoms with E-state index in [2.05, 4.69) is 17.3 Å². The van der Waals surface area contributed by atoms with E-state index in [0.717, 1.165) is 25.2 Å². The van der Waals surface area contributed by atoms with Crippen LogP contribution in [0.15, 0.2) is 24.3 Å². The molecule has 1 atom stereocenters. The standard InChI is InChI=1S/C12H17FN2/c1-15-6-5-12(9-15)14-8-10-3-2-4-11(13)7-10/h2-4,7,12,14H,5-6,8-9H2,1H3/t12-/m1/s1. The lowest BCUT2D eigenvalue weighted by molar-refractivity contribution is 0.397. The Kier molecular flexibility index (Phi) is 3.34. The third-order valence-electron chi connectivity index (χ3n) is 2.88. The molecule has 0 saturated carbocycles. The number of likely N-dealkylation sites (N-methyl/N-ethyl adjacent to an activating group) is 1. The van der Waals surface area contributed by atoms with Crippen LogP contribution in [0.2, 0.25) is 0 Å². The van der Waals surface area contributed by atoms with Crippen LogP contribution in [-0.2, 0) is 6.54 Å². The van der Waals surface area contributed by atoms with Crippen LogP contribution in [0.4, 0.5) is 4.39 Å². The van der Waals surface area contributed by atoms with Crippen molar-refractivity contribution in [2.75, 3.05) is 20.1 Å². The van der Waals surface area contributed by atoms with Gasteiger partial charge in [0.2, 0.25) is 0 Å². The quantitative estimate of drug-likeness (QED) is 0.812. The first kappa shape index (κ1) is 10.6. The van der Waals surface area contributed by atoms with Gasteiger partial charge < -0.3 is 10.2 Å². The Labute approximate surface area is 90.1 Å². The molecular formula is C12H17FN2. The lowest BCUT2D eigenvalue weighted by Crippen LogP contribution is -2.30. The highest BCUT2D eigenvalue weighted by Gasteiger charge is 2.18. The Bertz CT molecular complexity index is 327. The van der Waals surface area contributed by atoms with Crippen molar-refractivity contribution in [3.05, 3.63) is 35.6 Å². The van der Waals surface area contributed by atoms with Gasteiger partial charge in [-0.2, -0.15) is 0 Å². The lowest BCUT2D eigenvalue weighted by Gasteiger charge is -2.12. The normalized spacial score (nSPS) is 22.1. The Balaban J connectivity index is 1.83. The summed E-state index contributed by atoms with van der Waals surface area (Å²) >= 11 is 0. The van der Waals surface area contributed by atoms with Crippen LogP contribution >= 0.6 is 0 Å². The first-order valence-corrected chi connectivity index (χ1v) is 5.40. The fourth-order valence-electron chi connectivity index (χ4n) is 2.01. The summed E-state index contributed by atoms with van der Waals surface area (Å²) in [6, 6.07) is 7.33. The number of hydrogen-bond acceptors (Lipinski definition) is 2. The highest BCUT2D eigenvalue weighted by molar-refractivity contribution is 5.16. The van der Waals surface area contributed by atoms with E-state index in [9.17, 15) is 4.39 Å². The van der Waals surface area contributed by atoms with Crippen LogP contribution < -0.4 is 5.32 Å². The van der Waals surface area contributed by atoms with Gasteiger partial charge in [0.15, 0.2) is 0 Å². The van der Waals surface area contributed by atoms with Crippen LogP contribution in [0.3, 0.4) is 0 Å². The van der Waals surface area contributed by atoms with Gasteiger partial charge in [0.05, 0.1) is 0 Å². The van der Waals surface area contributed by atoms with Crippen LogP contribution in [0.1, 0.15) is 12.0 Å². The smallest absolute Gasteiger partial charge is 0.123 e. The second kappa shape index (κ2) is 4.73. The van der Waals surface area contributed by atoms with Gasteiger partial charge in [0.25, 0.3) is 0 Å². The van der Waals surface area contributed by atoms with Crippen LogP contribution in [0, 0.1) is 5.82 Å². The third-order valence-corrected chi connectivity index (χ3v) is 2.88. The summed E-state index contributed by atoms with van der Waals surface area (Å²) in [7, 11) is 2.13. The minimum Gasteiger partial charge on any atom is -0.309 e. The van der Waals surface area contributed by atoms with E-state index in [1.807, 2.05) is 6.07 Å². The largest absolute Gasteiger partial charge is 0.309 e. The van der Waals surface area contributed by atoms with E-state index in [1.165, 1.54) is 12.5 Å². The van der Waals surface area contributed by atoms with E-state index in [-0.39, 0.29) is 5.82 Å². The van der Waals surface area contributed by atoms with E-state index in [1.54, 1.807) is 12.1 Å². The van der Waals surface area contributed by atoms with Gasteiger partial charge in [0, 0.05) is 19.1 Å². The average Bonchev–Trinajstić information content (AvgIpc) is 2.62. The minimum atomic E-state index is -0.155. The molecule has 0 amide bonds. The second-order valence-corrected chi connectivity index (χ2v) is 4.26. The van der Waals surface area contributed by atoms with Crippen molar-refractivity contribution < 1.29 is 4.39 Å². The lowest BCUT2D eigenvalue weighted by atomic mass is 10.2. The van der Waals surface area contributed by atoms with E-state index in [4.69, 9.17) is 0 Å². The van der Waals surface area contributed by atoms with Crippen molar-refractivity contribution in [3.63, 3.8) is 0 Å². The summed E-state index contributed by atoms with van der Waals surface area (Å²) in [4.78, 5) is 2.31. The molecule has 2 nitrogen and oxygen atoms in total. The van der Waals surface area contributed by atoms with Gasteiger partial charge >= 0.3 is 0 Å². The van der Waals surface area contributed by atoms with E-state index >= 15 is 0 Å². The van der Waals surface area contributed by atoms with Crippen molar-refractivity contribution in [1.29, 1.82) is 0 Å². The molecule has 1 aliphatic heterocycles. The predicted molar refractivity (Wildman–Crippen MR) is 59.1 cm³/mol. The summed E-state index contributed by atoms with van der Waals surface area (Å²) in [6.07, 6.45) is 1.19. The molecule has 0 aliphatic carbocycles. The molecule has 1 aliphatic rings. The van der Waals surface area contributed by atoms with Gasteiger partial charge in [-0.25, -0.2) is 4.39 Å². The fourth-order valence-corrected chi connectivity index (χ4v) is 2.01. The summed E-state index contributed by atoms with van der Waals surface area (Å²) in [5, 5.41) is 3.45. The molecule has 1 fully saturated rings. The number of likely N-dealkylation sites (tertiary alicyclic amines) is 1. The van der Waals surface area contributed by atoms with Crippen molar-refractivity contribution >= 4 is 0 Å². The molecule has 1 heterocycles. The number of benzene rings is 1. The van der Waals surface area contributed by atoms with Gasteiger partial charge in [-0.3, -0.25) is 0 Å². The zero-order valence-electron chi connectivity index (χ0n) is 9.04. The van der Waals surface area contributed by atoms with Crippen molar-refractivity contribution in [2.45, 2.75) is 19.0 Å². The van der Waals surface area contributed by atoms with Crippen molar-refractivity contribution in [3.8, 4) is 0 Å². The molecule has 1 saturated heterocycles. The third kappa shape index (κ3) is 3.01. The molecule has 0 aromatic heterocycles. The molecule has 0 spiro atoms. The number of nitrogens with zero attached hydrogens (tertiary/aromatic N) is 1. The maximum absolute atomic E-state index is 12.9.